The monoisotopic (exact) mass is 655 g/mol. The fraction of sp³-hybridized carbons (Fsp3) is 0.257. The molecule has 3 aromatic carbocycles. The van der Waals surface area contributed by atoms with E-state index in [0.717, 1.165) is 16.7 Å². The first-order valence-electron chi connectivity index (χ1n) is 14.6. The van der Waals surface area contributed by atoms with Crippen LogP contribution in [0.15, 0.2) is 72.8 Å². The molecule has 12 heteroatoms. The highest BCUT2D eigenvalue weighted by Gasteiger charge is 2.61. The molecule has 47 heavy (non-hydrogen) atoms. The molecule has 0 amide bonds. The molecular weight excluding hydrogens is 626 g/mol. The third-order valence-corrected chi connectivity index (χ3v) is 8.07. The van der Waals surface area contributed by atoms with E-state index in [9.17, 15) is 24.4 Å². The van der Waals surface area contributed by atoms with E-state index in [1.54, 1.807) is 78.9 Å². The van der Waals surface area contributed by atoms with E-state index in [2.05, 4.69) is 10.2 Å². The summed E-state index contributed by atoms with van der Waals surface area (Å²) in [5, 5.41) is 15.1. The number of halogens is 1. The molecule has 5 rings (SSSR count). The van der Waals surface area contributed by atoms with Crippen molar-refractivity contribution in [3.63, 3.8) is 0 Å². The molecule has 11 nitrogen and oxygen atoms in total. The summed E-state index contributed by atoms with van der Waals surface area (Å²) in [5.41, 5.74) is 0.810. The van der Waals surface area contributed by atoms with E-state index in [-0.39, 0.29) is 33.6 Å². The number of hydrogen-bond donors (Lipinski definition) is 1. The zero-order chi connectivity index (χ0) is 33.9. The van der Waals surface area contributed by atoms with E-state index >= 15 is 0 Å². The van der Waals surface area contributed by atoms with E-state index < -0.39 is 53.7 Å². The van der Waals surface area contributed by atoms with Crippen LogP contribution in [0.25, 0.3) is 0 Å². The normalized spacial score (nSPS) is 20.2. The molecule has 0 saturated carbocycles. The first-order valence-corrected chi connectivity index (χ1v) is 14.9. The summed E-state index contributed by atoms with van der Waals surface area (Å²) in [6.45, 7) is 6.60. The lowest BCUT2D eigenvalue weighted by Gasteiger charge is -2.34. The molecule has 2 heterocycles. The van der Waals surface area contributed by atoms with Gasteiger partial charge < -0.3 is 18.9 Å². The van der Waals surface area contributed by atoms with Crippen molar-refractivity contribution in [2.75, 3.05) is 6.61 Å². The van der Waals surface area contributed by atoms with Gasteiger partial charge in [-0.1, -0.05) is 53.1 Å². The zero-order valence-electron chi connectivity index (χ0n) is 25.9. The Hall–Kier alpha value is -5.31. The summed E-state index contributed by atoms with van der Waals surface area (Å²) in [4.78, 5) is 52.7. The number of benzene rings is 3. The van der Waals surface area contributed by atoms with Crippen LogP contribution in [0.3, 0.4) is 0 Å². The van der Waals surface area contributed by atoms with E-state index in [4.69, 9.17) is 30.5 Å². The number of rotatable bonds is 9. The van der Waals surface area contributed by atoms with Crippen molar-refractivity contribution in [3.05, 3.63) is 123 Å². The van der Waals surface area contributed by atoms with Crippen LogP contribution >= 0.6 is 11.6 Å². The highest BCUT2D eigenvalue weighted by atomic mass is 35.5. The summed E-state index contributed by atoms with van der Waals surface area (Å²) in [7, 11) is 0. The Morgan fingerprint density at radius 2 is 1.34 bits per heavy atom. The number of nitrogens with one attached hydrogen (secondary N) is 1. The number of esters is 3. The lowest BCUT2D eigenvalue weighted by molar-refractivity contribution is -0.0897. The maximum Gasteiger partial charge on any atom is 0.338 e. The Bertz CT molecular complexity index is 1860. The van der Waals surface area contributed by atoms with Crippen molar-refractivity contribution in [3.8, 4) is 6.07 Å². The predicted molar refractivity (Wildman–Crippen MR) is 168 cm³/mol. The van der Waals surface area contributed by atoms with Crippen molar-refractivity contribution in [1.82, 2.24) is 10.2 Å². The second-order valence-corrected chi connectivity index (χ2v) is 11.7. The molecule has 1 aliphatic rings. The van der Waals surface area contributed by atoms with Gasteiger partial charge in [0.05, 0.1) is 27.9 Å². The minimum Gasteiger partial charge on any atom is -0.459 e. The SMILES string of the molecule is Cc1ccc(C(=O)OCC2OC(c3[nH]nc(C#N)c3C(=O)Cl)[C@](C)(OC(=O)c3ccc(C)cc3)[C@@H]2OC(=O)c2ccc(C)cc2)cc1. The van der Waals surface area contributed by atoms with Gasteiger partial charge in [-0.2, -0.15) is 10.4 Å². The van der Waals surface area contributed by atoms with Crippen molar-refractivity contribution in [2.45, 2.75) is 51.6 Å². The molecule has 1 fully saturated rings. The van der Waals surface area contributed by atoms with Crippen molar-refractivity contribution < 1.29 is 38.1 Å². The Morgan fingerprint density at radius 3 is 1.83 bits per heavy atom. The largest absolute Gasteiger partial charge is 0.459 e. The third kappa shape index (κ3) is 6.94. The van der Waals surface area contributed by atoms with Crippen LogP contribution in [0.2, 0.25) is 0 Å². The van der Waals surface area contributed by atoms with Gasteiger partial charge in [0.2, 0.25) is 0 Å². The fourth-order valence-corrected chi connectivity index (χ4v) is 5.45. The van der Waals surface area contributed by atoms with Crippen LogP contribution in [0.5, 0.6) is 0 Å². The number of aromatic amines is 1. The van der Waals surface area contributed by atoms with Crippen molar-refractivity contribution in [2.24, 2.45) is 0 Å². The van der Waals surface area contributed by atoms with Gasteiger partial charge in [-0.25, -0.2) is 14.4 Å². The number of aryl methyl sites for hydroxylation is 3. The van der Waals surface area contributed by atoms with Crippen LogP contribution in [0.4, 0.5) is 0 Å². The van der Waals surface area contributed by atoms with E-state index in [0.29, 0.717) is 0 Å². The van der Waals surface area contributed by atoms with Gasteiger partial charge in [-0.3, -0.25) is 9.89 Å². The number of aromatic nitrogens is 2. The molecule has 2 unspecified atom stereocenters. The molecule has 1 N–H and O–H groups in total. The van der Waals surface area contributed by atoms with Crippen molar-refractivity contribution in [1.29, 1.82) is 5.26 Å². The molecule has 4 atom stereocenters. The second kappa shape index (κ2) is 13.6. The number of nitrogens with zero attached hydrogens (tertiary/aromatic N) is 2. The van der Waals surface area contributed by atoms with Gasteiger partial charge in [0.25, 0.3) is 5.24 Å². The van der Waals surface area contributed by atoms with Gasteiger partial charge in [-0.15, -0.1) is 0 Å². The molecular formula is C35H30ClN3O8. The maximum atomic E-state index is 13.6. The number of hydrogen-bond acceptors (Lipinski definition) is 10. The first-order chi connectivity index (χ1) is 22.4. The molecule has 240 valence electrons. The molecule has 0 bridgehead atoms. The summed E-state index contributed by atoms with van der Waals surface area (Å²) in [6.07, 6.45) is -4.04. The molecule has 1 saturated heterocycles. The van der Waals surface area contributed by atoms with Gasteiger partial charge in [0, 0.05) is 0 Å². The summed E-state index contributed by atoms with van der Waals surface area (Å²) in [5.74, 6) is -2.25. The molecule has 4 aromatic rings. The second-order valence-electron chi connectivity index (χ2n) is 11.4. The van der Waals surface area contributed by atoms with Gasteiger partial charge in [-0.05, 0) is 75.7 Å². The molecule has 1 aromatic heterocycles. The lowest BCUT2D eigenvalue weighted by atomic mass is 9.88. The zero-order valence-corrected chi connectivity index (χ0v) is 26.7. The smallest absolute Gasteiger partial charge is 0.338 e. The minimum atomic E-state index is -1.89. The van der Waals surface area contributed by atoms with Gasteiger partial charge in [0.15, 0.2) is 17.4 Å². The van der Waals surface area contributed by atoms with Crippen LogP contribution in [0, 0.1) is 32.1 Å². The number of carbonyl (C=O) groups excluding carboxylic acids is 4. The summed E-state index contributed by atoms with van der Waals surface area (Å²) < 4.78 is 24.0. The van der Waals surface area contributed by atoms with E-state index in [1.165, 1.54) is 6.92 Å². The average Bonchev–Trinajstić information content (AvgIpc) is 3.59. The quantitative estimate of drug-likeness (QED) is 0.134. The Labute approximate surface area is 275 Å². The van der Waals surface area contributed by atoms with E-state index in [1.807, 2.05) is 20.8 Å². The Balaban J connectivity index is 1.58. The van der Waals surface area contributed by atoms with Crippen LogP contribution in [-0.2, 0) is 18.9 Å². The molecule has 1 aliphatic heterocycles. The summed E-state index contributed by atoms with van der Waals surface area (Å²) in [6, 6.07) is 21.7. The molecule has 0 aliphatic carbocycles. The minimum absolute atomic E-state index is 0.0931. The average molecular weight is 656 g/mol. The standard InChI is InChI=1S/C35H30ClN3O8/c1-19-5-11-22(12-6-19)32(41)44-18-26-29(46-33(42)23-13-7-20(2)8-14-23)35(4,47-34(43)24-15-9-21(3)10-16-24)30(45-26)28-27(31(36)40)25(17-37)38-39-28/h5-16,26,29-30H,18H2,1-4H3,(H,38,39)/t26?,29-,30?,35-/m1/s1. The number of ether oxygens (including phenoxy) is 4. The van der Waals surface area contributed by atoms with Crippen molar-refractivity contribution >= 4 is 34.8 Å². The van der Waals surface area contributed by atoms with Gasteiger partial charge >= 0.3 is 17.9 Å². The maximum absolute atomic E-state index is 13.6. The molecule has 0 spiro atoms. The Morgan fingerprint density at radius 1 is 0.851 bits per heavy atom. The van der Waals surface area contributed by atoms with Crippen LogP contribution < -0.4 is 0 Å². The highest BCUT2D eigenvalue weighted by Crippen LogP contribution is 2.47. The van der Waals surface area contributed by atoms with Crippen LogP contribution in [-0.4, -0.2) is 57.8 Å². The fourth-order valence-electron chi connectivity index (χ4n) is 5.26. The van der Waals surface area contributed by atoms with Crippen LogP contribution in [0.1, 0.15) is 82.5 Å². The number of H-pyrrole nitrogens is 1. The topological polar surface area (TPSA) is 158 Å². The molecule has 0 radical (unpaired) electrons. The lowest BCUT2D eigenvalue weighted by Crippen LogP contribution is -2.50. The van der Waals surface area contributed by atoms with Gasteiger partial charge in [0.1, 0.15) is 24.9 Å². The highest BCUT2D eigenvalue weighted by molar-refractivity contribution is 6.68. The number of nitriles is 1. The number of carbonyl (C=O) groups is 4. The first kappa shape index (κ1) is 33.1. The summed E-state index contributed by atoms with van der Waals surface area (Å²) >= 11 is 5.89. The Kier molecular flexibility index (Phi) is 9.56. The predicted octanol–water partition coefficient (Wildman–Crippen LogP) is 5.72. The third-order valence-electron chi connectivity index (χ3n) is 7.88.